The monoisotopic (exact) mass is 437 g/mol. The quantitative estimate of drug-likeness (QED) is 0.565. The SMILES string of the molecule is Cc1nc(C(=O)NCCO)c(-c2csc(CC(=O)Cc3c(F)cccc3F)n2)s1. The number of carbonyl (C=O) groups excluding carboxylic acids is 2. The number of halogens is 2. The number of aliphatic hydroxyl groups is 1. The summed E-state index contributed by atoms with van der Waals surface area (Å²) < 4.78 is 27.4. The smallest absolute Gasteiger partial charge is 0.271 e. The van der Waals surface area contributed by atoms with Gasteiger partial charge < -0.3 is 10.4 Å². The summed E-state index contributed by atoms with van der Waals surface area (Å²) in [5, 5.41) is 14.3. The Bertz CT molecular complexity index is 1030. The van der Waals surface area contributed by atoms with Crippen molar-refractivity contribution in [2.24, 2.45) is 0 Å². The third-order valence-electron chi connectivity index (χ3n) is 3.91. The Hall–Kier alpha value is -2.56. The summed E-state index contributed by atoms with van der Waals surface area (Å²) in [6.07, 6.45) is -0.426. The van der Waals surface area contributed by atoms with E-state index in [-0.39, 0.29) is 43.0 Å². The Morgan fingerprint density at radius 1 is 1.17 bits per heavy atom. The molecule has 1 amide bonds. The number of nitrogens with zero attached hydrogens (tertiary/aromatic N) is 2. The fourth-order valence-corrected chi connectivity index (χ4v) is 4.40. The lowest BCUT2D eigenvalue weighted by Gasteiger charge is -2.03. The van der Waals surface area contributed by atoms with E-state index in [1.807, 2.05) is 0 Å². The minimum Gasteiger partial charge on any atom is -0.395 e. The minimum atomic E-state index is -0.753. The minimum absolute atomic E-state index is 0.0672. The molecule has 3 aromatic rings. The lowest BCUT2D eigenvalue weighted by Crippen LogP contribution is -2.27. The van der Waals surface area contributed by atoms with Gasteiger partial charge in [0, 0.05) is 23.9 Å². The Morgan fingerprint density at radius 2 is 1.90 bits per heavy atom. The average Bonchev–Trinajstić information content (AvgIpc) is 3.29. The molecular weight excluding hydrogens is 420 g/mol. The number of aromatic nitrogens is 2. The second-order valence-electron chi connectivity index (χ2n) is 6.11. The molecule has 152 valence electrons. The Labute approximate surface area is 173 Å². The highest BCUT2D eigenvalue weighted by Gasteiger charge is 2.21. The van der Waals surface area contributed by atoms with Crippen molar-refractivity contribution < 1.29 is 23.5 Å². The van der Waals surface area contributed by atoms with Gasteiger partial charge in [-0.05, 0) is 19.1 Å². The molecule has 0 saturated heterocycles. The Kier molecular flexibility index (Phi) is 6.78. The first-order valence-corrected chi connectivity index (χ1v) is 10.3. The van der Waals surface area contributed by atoms with Crippen LogP contribution in [0.4, 0.5) is 8.78 Å². The van der Waals surface area contributed by atoms with E-state index in [1.165, 1.54) is 28.7 Å². The van der Waals surface area contributed by atoms with Gasteiger partial charge in [-0.2, -0.15) is 0 Å². The number of amides is 1. The summed E-state index contributed by atoms with van der Waals surface area (Å²) in [6, 6.07) is 3.47. The van der Waals surface area contributed by atoms with Gasteiger partial charge in [0.05, 0.1) is 28.6 Å². The maximum absolute atomic E-state index is 13.7. The van der Waals surface area contributed by atoms with Crippen molar-refractivity contribution in [3.8, 4) is 10.6 Å². The fourth-order valence-electron chi connectivity index (χ4n) is 2.63. The predicted molar refractivity (Wildman–Crippen MR) is 106 cm³/mol. The number of carbonyl (C=O) groups is 2. The third-order valence-corrected chi connectivity index (χ3v) is 5.76. The molecule has 10 heteroatoms. The summed E-state index contributed by atoms with van der Waals surface area (Å²) in [4.78, 5) is 33.7. The van der Waals surface area contributed by atoms with Crippen LogP contribution in [0.3, 0.4) is 0 Å². The van der Waals surface area contributed by atoms with E-state index < -0.39 is 17.5 Å². The van der Waals surface area contributed by atoms with Crippen LogP contribution in [0.2, 0.25) is 0 Å². The van der Waals surface area contributed by atoms with Crippen LogP contribution in [0, 0.1) is 18.6 Å². The molecule has 1 aromatic carbocycles. The first-order valence-electron chi connectivity index (χ1n) is 8.65. The Morgan fingerprint density at radius 3 is 2.59 bits per heavy atom. The van der Waals surface area contributed by atoms with Gasteiger partial charge in [0.25, 0.3) is 5.91 Å². The zero-order chi connectivity index (χ0) is 21.0. The van der Waals surface area contributed by atoms with Gasteiger partial charge in [-0.15, -0.1) is 22.7 Å². The van der Waals surface area contributed by atoms with Gasteiger partial charge in [0.2, 0.25) is 0 Å². The highest BCUT2D eigenvalue weighted by molar-refractivity contribution is 7.16. The molecule has 0 aliphatic carbocycles. The maximum Gasteiger partial charge on any atom is 0.271 e. The number of benzene rings is 1. The molecular formula is C19H17F2N3O3S2. The molecule has 2 heterocycles. The van der Waals surface area contributed by atoms with Gasteiger partial charge in [-0.3, -0.25) is 9.59 Å². The maximum atomic E-state index is 13.7. The molecule has 6 nitrogen and oxygen atoms in total. The highest BCUT2D eigenvalue weighted by atomic mass is 32.1. The number of hydrogen-bond acceptors (Lipinski definition) is 7. The van der Waals surface area contributed by atoms with Crippen LogP contribution >= 0.6 is 22.7 Å². The number of thiazole rings is 2. The first kappa shape index (κ1) is 21.2. The summed E-state index contributed by atoms with van der Waals surface area (Å²) in [7, 11) is 0. The lowest BCUT2D eigenvalue weighted by molar-refractivity contribution is -0.117. The van der Waals surface area contributed by atoms with Crippen molar-refractivity contribution in [2.45, 2.75) is 19.8 Å². The molecule has 0 unspecified atom stereocenters. The third kappa shape index (κ3) is 5.08. The van der Waals surface area contributed by atoms with Crippen LogP contribution in [0.15, 0.2) is 23.6 Å². The average molecular weight is 437 g/mol. The molecule has 0 bridgehead atoms. The van der Waals surface area contributed by atoms with E-state index in [4.69, 9.17) is 5.11 Å². The van der Waals surface area contributed by atoms with Gasteiger partial charge in [0.15, 0.2) is 0 Å². The van der Waals surface area contributed by atoms with Crippen LogP contribution in [-0.2, 0) is 17.6 Å². The number of aryl methyl sites for hydroxylation is 1. The molecule has 29 heavy (non-hydrogen) atoms. The predicted octanol–water partition coefficient (Wildman–Crippen LogP) is 2.93. The standard InChI is InChI=1S/C19H17F2N3O3S2/c1-10-23-17(19(27)22-5-6-25)18(29-10)15-9-28-16(24-15)8-11(26)7-12-13(20)3-2-4-14(12)21/h2-4,9,25H,5-8H2,1H3,(H,22,27). The number of aliphatic hydroxyl groups excluding tert-OH is 1. The van der Waals surface area contributed by atoms with Crippen molar-refractivity contribution in [3.63, 3.8) is 0 Å². The molecule has 0 saturated carbocycles. The summed E-state index contributed by atoms with van der Waals surface area (Å²) in [5.41, 5.74) is 0.461. The number of Topliss-reactive ketones (excluding diaryl/α,β-unsaturated/α-hetero) is 1. The second-order valence-corrected chi connectivity index (χ2v) is 8.25. The zero-order valence-corrected chi connectivity index (χ0v) is 17.0. The Balaban J connectivity index is 1.75. The molecule has 0 aliphatic heterocycles. The zero-order valence-electron chi connectivity index (χ0n) is 15.4. The second kappa shape index (κ2) is 9.29. The molecule has 0 aliphatic rings. The summed E-state index contributed by atoms with van der Waals surface area (Å²) in [5.74, 6) is -2.29. The largest absolute Gasteiger partial charge is 0.395 e. The molecule has 0 atom stereocenters. The number of ketones is 1. The highest BCUT2D eigenvalue weighted by Crippen LogP contribution is 2.31. The van der Waals surface area contributed by atoms with Gasteiger partial charge in [-0.25, -0.2) is 18.7 Å². The molecule has 2 N–H and O–H groups in total. The van der Waals surface area contributed by atoms with E-state index in [1.54, 1.807) is 12.3 Å². The van der Waals surface area contributed by atoms with Gasteiger partial charge >= 0.3 is 0 Å². The molecule has 2 aromatic heterocycles. The van der Waals surface area contributed by atoms with Crippen LogP contribution in [-0.4, -0.2) is 39.9 Å². The van der Waals surface area contributed by atoms with Gasteiger partial charge in [-0.1, -0.05) is 6.07 Å². The first-order chi connectivity index (χ1) is 13.9. The van der Waals surface area contributed by atoms with E-state index in [2.05, 4.69) is 15.3 Å². The van der Waals surface area contributed by atoms with E-state index >= 15 is 0 Å². The molecule has 0 spiro atoms. The van der Waals surface area contributed by atoms with Gasteiger partial charge in [0.1, 0.15) is 28.1 Å². The normalized spacial score (nSPS) is 10.9. The van der Waals surface area contributed by atoms with Crippen LogP contribution in [0.5, 0.6) is 0 Å². The number of hydrogen-bond donors (Lipinski definition) is 2. The molecule has 0 radical (unpaired) electrons. The molecule has 3 rings (SSSR count). The van der Waals surface area contributed by atoms with E-state index in [0.717, 1.165) is 12.1 Å². The van der Waals surface area contributed by atoms with Crippen molar-refractivity contribution >= 4 is 34.4 Å². The van der Waals surface area contributed by atoms with E-state index in [0.29, 0.717) is 20.6 Å². The van der Waals surface area contributed by atoms with Crippen LogP contribution in [0.25, 0.3) is 10.6 Å². The summed E-state index contributed by atoms with van der Waals surface area (Å²) >= 11 is 2.52. The molecule has 0 fully saturated rings. The van der Waals surface area contributed by atoms with Crippen LogP contribution in [0.1, 0.15) is 26.1 Å². The summed E-state index contributed by atoms with van der Waals surface area (Å²) in [6.45, 7) is 1.69. The van der Waals surface area contributed by atoms with Crippen molar-refractivity contribution in [1.82, 2.24) is 15.3 Å². The topological polar surface area (TPSA) is 92.2 Å². The van der Waals surface area contributed by atoms with Crippen molar-refractivity contribution in [2.75, 3.05) is 13.2 Å². The van der Waals surface area contributed by atoms with Crippen LogP contribution < -0.4 is 5.32 Å². The lowest BCUT2D eigenvalue weighted by atomic mass is 10.1. The number of rotatable bonds is 8. The van der Waals surface area contributed by atoms with Crippen molar-refractivity contribution in [1.29, 1.82) is 0 Å². The van der Waals surface area contributed by atoms with E-state index in [9.17, 15) is 18.4 Å². The fraction of sp³-hybridized carbons (Fsp3) is 0.263. The number of nitrogens with one attached hydrogen (secondary N) is 1. The van der Waals surface area contributed by atoms with Crippen molar-refractivity contribution in [3.05, 3.63) is 56.5 Å².